The van der Waals surface area contributed by atoms with Gasteiger partial charge in [0.05, 0.1) is 6.61 Å². The molecule has 184 valence electrons. The summed E-state index contributed by atoms with van der Waals surface area (Å²) < 4.78 is 97.2. The first-order chi connectivity index (χ1) is 16.0. The second-order valence-electron chi connectivity index (χ2n) is 8.47. The summed E-state index contributed by atoms with van der Waals surface area (Å²) in [5.41, 5.74) is 1.17. The topological polar surface area (TPSA) is 73.9 Å². The monoisotopic (exact) mass is 505 g/mol. The van der Waals surface area contributed by atoms with Crippen LogP contribution < -0.4 is 14.1 Å². The number of hydrogen-bond donors (Lipinski definition) is 1. The lowest BCUT2D eigenvalue weighted by molar-refractivity contribution is -0.144. The summed E-state index contributed by atoms with van der Waals surface area (Å²) in [7, 11) is -4.93. The molecule has 0 saturated heterocycles. The molecule has 0 aliphatic heterocycles. The molecule has 0 amide bonds. The Labute approximate surface area is 192 Å². The summed E-state index contributed by atoms with van der Waals surface area (Å²) in [6.07, 6.45) is 3.23. The zero-order valence-corrected chi connectivity index (χ0v) is 19.1. The van der Waals surface area contributed by atoms with Crippen LogP contribution in [0, 0.1) is 35.0 Å². The fourth-order valence-electron chi connectivity index (χ4n) is 4.25. The van der Waals surface area contributed by atoms with Gasteiger partial charge in [-0.15, -0.1) is 0 Å². The molecule has 2 aromatic rings. The first-order valence-corrected chi connectivity index (χ1v) is 12.1. The van der Waals surface area contributed by atoms with Crippen LogP contribution in [0.1, 0.15) is 38.7 Å². The van der Waals surface area contributed by atoms with E-state index in [4.69, 9.17) is 13.8 Å². The van der Waals surface area contributed by atoms with Crippen LogP contribution in [-0.4, -0.2) is 18.6 Å². The number of carbonyl (C=O) groups excluding carboxylic acids is 1. The van der Waals surface area contributed by atoms with Crippen LogP contribution in [0.4, 0.5) is 22.0 Å². The Bertz CT molecular complexity index is 1130. The highest BCUT2D eigenvalue weighted by Gasteiger charge is 2.57. The van der Waals surface area contributed by atoms with E-state index in [0.717, 1.165) is 30.7 Å². The highest BCUT2D eigenvalue weighted by atomic mass is 31.2. The Balaban J connectivity index is 1.63. The van der Waals surface area contributed by atoms with E-state index in [1.54, 1.807) is 12.1 Å². The number of rotatable bonds is 9. The summed E-state index contributed by atoms with van der Waals surface area (Å²) in [5.74, 6) is -13.7. The maximum absolute atomic E-state index is 14.2. The quantitative estimate of drug-likeness (QED) is 0.159. The normalized spacial score (nSPS) is 23.2. The fourth-order valence-corrected chi connectivity index (χ4v) is 5.78. The van der Waals surface area contributed by atoms with Gasteiger partial charge in [0.25, 0.3) is 0 Å². The molecule has 0 heterocycles. The van der Waals surface area contributed by atoms with E-state index in [2.05, 4.69) is 5.09 Å². The molecule has 6 nitrogen and oxygen atoms in total. The van der Waals surface area contributed by atoms with Crippen LogP contribution in [0.25, 0.3) is 0 Å². The molecule has 1 N–H and O–H groups in total. The summed E-state index contributed by atoms with van der Waals surface area (Å²) in [4.78, 5) is 12.0. The van der Waals surface area contributed by atoms with Crippen molar-refractivity contribution in [2.75, 3.05) is 6.61 Å². The van der Waals surface area contributed by atoms with E-state index >= 15 is 0 Å². The Kier molecular flexibility index (Phi) is 6.37. The Morgan fingerprint density at radius 2 is 1.53 bits per heavy atom. The SMILES string of the molecule is CCOC(=O)[C@H](C)NP(=O)(Oc1ccc(C23CC(C2)C3)cc1)Oc1c(F)c(F)c(F)c(F)c1F. The fraction of sp³-hybridized carbons (Fsp3) is 0.409. The molecule has 2 atom stereocenters. The van der Waals surface area contributed by atoms with Crippen molar-refractivity contribution in [1.82, 2.24) is 5.09 Å². The van der Waals surface area contributed by atoms with Crippen molar-refractivity contribution in [1.29, 1.82) is 0 Å². The molecule has 5 rings (SSSR count). The lowest BCUT2D eigenvalue weighted by Gasteiger charge is -2.62. The van der Waals surface area contributed by atoms with Crippen LogP contribution in [0.5, 0.6) is 11.5 Å². The molecule has 0 spiro atoms. The van der Waals surface area contributed by atoms with Crippen LogP contribution in [-0.2, 0) is 19.5 Å². The molecule has 3 fully saturated rings. The summed E-state index contributed by atoms with van der Waals surface area (Å²) in [6.45, 7) is 2.68. The number of carbonyl (C=O) groups is 1. The average molecular weight is 505 g/mol. The first-order valence-electron chi connectivity index (χ1n) is 10.5. The minimum atomic E-state index is -4.93. The highest BCUT2D eigenvalue weighted by Crippen LogP contribution is 2.65. The summed E-state index contributed by atoms with van der Waals surface area (Å²) in [5, 5.41) is 2.12. The Morgan fingerprint density at radius 1 is 1.00 bits per heavy atom. The second-order valence-corrected chi connectivity index (χ2v) is 10.1. The Hall–Kier alpha value is -2.65. The van der Waals surface area contributed by atoms with Gasteiger partial charge in [0, 0.05) is 0 Å². The van der Waals surface area contributed by atoms with E-state index in [0.29, 0.717) is 0 Å². The third-order valence-corrected chi connectivity index (χ3v) is 7.68. The van der Waals surface area contributed by atoms with Crippen molar-refractivity contribution < 1.29 is 45.1 Å². The minimum absolute atomic E-state index is 0.0292. The van der Waals surface area contributed by atoms with Crippen molar-refractivity contribution in [3.05, 3.63) is 58.9 Å². The van der Waals surface area contributed by atoms with Gasteiger partial charge in [-0.05, 0) is 62.1 Å². The van der Waals surface area contributed by atoms with E-state index in [1.807, 2.05) is 0 Å². The predicted octanol–water partition coefficient (Wildman–Crippen LogP) is 5.54. The van der Waals surface area contributed by atoms with Crippen molar-refractivity contribution in [2.45, 2.75) is 44.6 Å². The standard InChI is InChI=1S/C22H21F5NO5P/c1-3-31-21(29)11(2)28-34(30,33-20-18(26)16(24)15(23)17(25)19(20)27)32-14-6-4-13(5-7-14)22-8-12(9-22)10-22/h4-7,11-12H,3,8-10H2,1-2H3,(H,28,30)/t11-,12?,22?,34?/m0/s1. The van der Waals surface area contributed by atoms with E-state index in [1.165, 1.54) is 26.0 Å². The molecule has 2 aromatic carbocycles. The molecule has 1 unspecified atom stereocenters. The molecule has 12 heteroatoms. The molecule has 34 heavy (non-hydrogen) atoms. The number of esters is 1. The van der Waals surface area contributed by atoms with Crippen molar-refractivity contribution in [3.8, 4) is 11.5 Å². The van der Waals surface area contributed by atoms with Gasteiger partial charge >= 0.3 is 13.7 Å². The van der Waals surface area contributed by atoms with Gasteiger partial charge in [0.2, 0.25) is 34.8 Å². The van der Waals surface area contributed by atoms with Gasteiger partial charge in [0.1, 0.15) is 11.8 Å². The van der Waals surface area contributed by atoms with Crippen LogP contribution in [0.2, 0.25) is 0 Å². The van der Waals surface area contributed by atoms with E-state index in [-0.39, 0.29) is 17.8 Å². The summed E-state index contributed by atoms with van der Waals surface area (Å²) >= 11 is 0. The molecular formula is C22H21F5NO5P. The number of hydrogen-bond acceptors (Lipinski definition) is 5. The van der Waals surface area contributed by atoms with Crippen molar-refractivity contribution in [2.24, 2.45) is 5.92 Å². The largest absolute Gasteiger partial charge is 0.513 e. The zero-order valence-electron chi connectivity index (χ0n) is 18.2. The lowest BCUT2D eigenvalue weighted by Crippen LogP contribution is -2.55. The molecule has 3 aliphatic rings. The lowest BCUT2D eigenvalue weighted by atomic mass is 9.42. The van der Waals surface area contributed by atoms with E-state index < -0.39 is 54.6 Å². The van der Waals surface area contributed by atoms with Gasteiger partial charge in [-0.1, -0.05) is 12.1 Å². The van der Waals surface area contributed by atoms with Gasteiger partial charge in [-0.3, -0.25) is 4.79 Å². The number of ether oxygens (including phenoxy) is 1. The maximum Gasteiger partial charge on any atom is 0.513 e. The second kappa shape index (κ2) is 8.85. The smallest absolute Gasteiger partial charge is 0.465 e. The molecule has 2 bridgehead atoms. The minimum Gasteiger partial charge on any atom is -0.465 e. The molecule has 0 aromatic heterocycles. The Morgan fingerprint density at radius 3 is 2.00 bits per heavy atom. The van der Waals surface area contributed by atoms with Crippen LogP contribution >= 0.6 is 7.75 Å². The third kappa shape index (κ3) is 4.27. The summed E-state index contributed by atoms with van der Waals surface area (Å²) in [6, 6.07) is 4.99. The third-order valence-electron chi connectivity index (χ3n) is 6.10. The van der Waals surface area contributed by atoms with Crippen LogP contribution in [0.3, 0.4) is 0 Å². The first kappa shape index (κ1) is 24.5. The van der Waals surface area contributed by atoms with Gasteiger partial charge < -0.3 is 13.8 Å². The van der Waals surface area contributed by atoms with Gasteiger partial charge in [-0.2, -0.15) is 13.9 Å². The molecular weight excluding hydrogens is 484 g/mol. The van der Waals surface area contributed by atoms with Gasteiger partial charge in [0.15, 0.2) is 0 Å². The molecule has 3 saturated carbocycles. The van der Waals surface area contributed by atoms with E-state index in [9.17, 15) is 31.3 Å². The molecule has 0 radical (unpaired) electrons. The van der Waals surface area contributed by atoms with Crippen molar-refractivity contribution >= 4 is 13.7 Å². The van der Waals surface area contributed by atoms with Gasteiger partial charge in [-0.25, -0.2) is 17.7 Å². The number of nitrogens with one attached hydrogen (secondary N) is 1. The van der Waals surface area contributed by atoms with Crippen molar-refractivity contribution in [3.63, 3.8) is 0 Å². The predicted molar refractivity (Wildman–Crippen MR) is 110 cm³/mol. The highest BCUT2D eigenvalue weighted by molar-refractivity contribution is 7.52. The molecule has 3 aliphatic carbocycles. The maximum atomic E-state index is 14.2. The average Bonchev–Trinajstić information content (AvgIpc) is 2.73. The number of halogens is 5. The van der Waals surface area contributed by atoms with Crippen LogP contribution in [0.15, 0.2) is 24.3 Å². The number of benzene rings is 2. The zero-order chi connectivity index (χ0) is 24.8.